The lowest BCUT2D eigenvalue weighted by molar-refractivity contribution is -0.131. The Kier molecular flexibility index (Phi) is 6.28. The average Bonchev–Trinajstić information content (AvgIpc) is 3.58. The molecule has 1 aliphatic heterocycles. The highest BCUT2D eigenvalue weighted by Crippen LogP contribution is 2.40. The molecule has 0 spiro atoms. The summed E-state index contributed by atoms with van der Waals surface area (Å²) < 4.78 is 23.1. The van der Waals surface area contributed by atoms with Crippen molar-refractivity contribution < 1.29 is 23.8 Å². The van der Waals surface area contributed by atoms with Crippen LogP contribution in [0, 0.1) is 5.82 Å². The first-order valence-corrected chi connectivity index (χ1v) is 11.6. The van der Waals surface area contributed by atoms with E-state index in [1.165, 1.54) is 6.07 Å². The highest BCUT2D eigenvalue weighted by Gasteiger charge is 2.25. The van der Waals surface area contributed by atoms with Crippen molar-refractivity contribution in [1.29, 1.82) is 0 Å². The van der Waals surface area contributed by atoms with Gasteiger partial charge in [0.1, 0.15) is 11.4 Å². The number of carbonyl (C=O) groups excluding carboxylic acids is 1. The van der Waals surface area contributed by atoms with Gasteiger partial charge in [-0.15, -0.1) is 0 Å². The monoisotopic (exact) mass is 488 g/mol. The van der Waals surface area contributed by atoms with Crippen LogP contribution < -0.4 is 4.74 Å². The first-order valence-electron chi connectivity index (χ1n) is 11.6. The van der Waals surface area contributed by atoms with Crippen LogP contribution in [0.25, 0.3) is 27.6 Å². The number of ether oxygens (including phenoxy) is 1. The summed E-state index contributed by atoms with van der Waals surface area (Å²) in [7, 11) is 1.55. The van der Waals surface area contributed by atoms with Crippen LogP contribution in [0.4, 0.5) is 4.39 Å². The summed E-state index contributed by atoms with van der Waals surface area (Å²) in [5.41, 5.74) is 2.36. The normalized spacial score (nSPS) is 13.6. The van der Waals surface area contributed by atoms with Crippen LogP contribution in [-0.2, 0) is 11.3 Å². The molecule has 0 bridgehead atoms. The summed E-state index contributed by atoms with van der Waals surface area (Å²) in [5.74, 6) is -1.17. The highest BCUT2D eigenvalue weighted by molar-refractivity contribution is 6.03. The lowest BCUT2D eigenvalue weighted by Gasteiger charge is -2.28. The summed E-state index contributed by atoms with van der Waals surface area (Å²) in [4.78, 5) is 29.0. The number of H-pyrrole nitrogens is 1. The number of carboxylic acid groups (broad SMARTS) is 1. The van der Waals surface area contributed by atoms with Gasteiger partial charge >= 0.3 is 5.97 Å². The fraction of sp³-hybridized carbons (Fsp3) is 0.222. The van der Waals surface area contributed by atoms with Crippen molar-refractivity contribution in [1.82, 2.24) is 19.7 Å². The third-order valence-electron chi connectivity index (χ3n) is 6.44. The Morgan fingerprint density at radius 1 is 1.17 bits per heavy atom. The molecule has 0 saturated carbocycles. The van der Waals surface area contributed by atoms with Gasteiger partial charge in [0.15, 0.2) is 5.82 Å². The Balaban J connectivity index is 1.54. The number of hydrogen-bond donors (Lipinski definition) is 2. The molecule has 0 atom stereocenters. The van der Waals surface area contributed by atoms with Gasteiger partial charge in [0.05, 0.1) is 12.6 Å². The van der Waals surface area contributed by atoms with Crippen LogP contribution in [0.15, 0.2) is 60.9 Å². The first kappa shape index (κ1) is 23.3. The zero-order valence-corrected chi connectivity index (χ0v) is 19.7. The SMILES string of the molecule is COc1ccccc1-c1cc(C2=CCCN(C(=O)CCn3cccn3)C2)c(F)c2[nH]c(C(=O)O)cc12. The first-order chi connectivity index (χ1) is 17.5. The Morgan fingerprint density at radius 3 is 2.75 bits per heavy atom. The van der Waals surface area contributed by atoms with E-state index in [1.54, 1.807) is 47.3 Å². The molecule has 2 aromatic heterocycles. The summed E-state index contributed by atoms with van der Waals surface area (Å²) in [6.45, 7) is 1.29. The van der Waals surface area contributed by atoms with Gasteiger partial charge in [0.2, 0.25) is 5.91 Å². The fourth-order valence-corrected chi connectivity index (χ4v) is 4.65. The summed E-state index contributed by atoms with van der Waals surface area (Å²) in [5, 5.41) is 14.1. The van der Waals surface area contributed by atoms with E-state index in [9.17, 15) is 14.7 Å². The number of carbonyl (C=O) groups is 2. The number of para-hydroxylation sites is 1. The number of fused-ring (bicyclic) bond motifs is 1. The lowest BCUT2D eigenvalue weighted by atomic mass is 9.93. The minimum absolute atomic E-state index is 0.0319. The molecular weight excluding hydrogens is 463 g/mol. The van der Waals surface area contributed by atoms with Crippen molar-refractivity contribution in [2.45, 2.75) is 19.4 Å². The number of benzene rings is 2. The van der Waals surface area contributed by atoms with Crippen LogP contribution in [0.1, 0.15) is 28.9 Å². The van der Waals surface area contributed by atoms with Gasteiger partial charge in [-0.25, -0.2) is 9.18 Å². The smallest absolute Gasteiger partial charge is 0.352 e. The molecule has 0 saturated heterocycles. The number of aromatic nitrogens is 3. The van der Waals surface area contributed by atoms with Gasteiger partial charge in [-0.3, -0.25) is 9.48 Å². The maximum absolute atomic E-state index is 15.9. The molecule has 1 amide bonds. The number of aromatic amines is 1. The fourth-order valence-electron chi connectivity index (χ4n) is 4.65. The molecule has 1 aliphatic rings. The summed E-state index contributed by atoms with van der Waals surface area (Å²) in [6.07, 6.45) is 6.30. The zero-order chi connectivity index (χ0) is 25.2. The molecule has 5 rings (SSSR count). The Morgan fingerprint density at radius 2 is 2.00 bits per heavy atom. The zero-order valence-electron chi connectivity index (χ0n) is 19.7. The number of nitrogens with zero attached hydrogens (tertiary/aromatic N) is 3. The van der Waals surface area contributed by atoms with Gasteiger partial charge in [-0.05, 0) is 41.8 Å². The van der Waals surface area contributed by atoms with Crippen molar-refractivity contribution in [2.75, 3.05) is 20.2 Å². The minimum atomic E-state index is -1.18. The van der Waals surface area contributed by atoms with E-state index in [0.29, 0.717) is 59.3 Å². The standard InChI is InChI=1S/C27H25FN4O4/c1-36-23-8-3-2-7-18(23)20-14-19(25(28)26-21(20)15-22(30-26)27(34)35)17-6-4-11-31(16-17)24(33)9-13-32-12-5-10-29-32/h2-3,5-8,10,12,14-15,30H,4,9,11,13,16H2,1H3,(H,34,35). The number of methoxy groups -OCH3 is 1. The lowest BCUT2D eigenvalue weighted by Crippen LogP contribution is -2.36. The molecule has 4 aromatic rings. The highest BCUT2D eigenvalue weighted by atomic mass is 19.1. The second-order valence-electron chi connectivity index (χ2n) is 8.62. The second-order valence-corrected chi connectivity index (χ2v) is 8.62. The van der Waals surface area contributed by atoms with Gasteiger partial charge in [0.25, 0.3) is 0 Å². The van der Waals surface area contributed by atoms with Crippen molar-refractivity contribution in [2.24, 2.45) is 0 Å². The van der Waals surface area contributed by atoms with E-state index >= 15 is 4.39 Å². The van der Waals surface area contributed by atoms with Crippen LogP contribution >= 0.6 is 0 Å². The van der Waals surface area contributed by atoms with Crippen molar-refractivity contribution in [3.05, 3.63) is 78.0 Å². The number of aryl methyl sites for hydroxylation is 1. The Bertz CT molecular complexity index is 1470. The van der Waals surface area contributed by atoms with E-state index in [4.69, 9.17) is 4.74 Å². The minimum Gasteiger partial charge on any atom is -0.496 e. The van der Waals surface area contributed by atoms with Gasteiger partial charge in [-0.2, -0.15) is 5.10 Å². The van der Waals surface area contributed by atoms with Crippen LogP contribution in [-0.4, -0.2) is 56.8 Å². The molecule has 9 heteroatoms. The summed E-state index contributed by atoms with van der Waals surface area (Å²) in [6, 6.07) is 12.3. The number of aromatic carboxylic acids is 1. The van der Waals surface area contributed by atoms with E-state index < -0.39 is 11.8 Å². The molecule has 2 N–H and O–H groups in total. The van der Waals surface area contributed by atoms with Crippen LogP contribution in [0.5, 0.6) is 5.75 Å². The Labute approximate surface area is 206 Å². The predicted molar refractivity (Wildman–Crippen MR) is 133 cm³/mol. The molecule has 8 nitrogen and oxygen atoms in total. The summed E-state index contributed by atoms with van der Waals surface area (Å²) >= 11 is 0. The third kappa shape index (κ3) is 4.35. The van der Waals surface area contributed by atoms with Crippen LogP contribution in [0.3, 0.4) is 0 Å². The quantitative estimate of drug-likeness (QED) is 0.397. The van der Waals surface area contributed by atoms with Crippen LogP contribution in [0.2, 0.25) is 0 Å². The molecule has 2 aromatic carbocycles. The largest absolute Gasteiger partial charge is 0.496 e. The number of amides is 1. The van der Waals surface area contributed by atoms with E-state index in [2.05, 4.69) is 10.1 Å². The molecule has 36 heavy (non-hydrogen) atoms. The molecule has 3 heterocycles. The number of rotatable bonds is 7. The van der Waals surface area contributed by atoms with Crippen molar-refractivity contribution in [3.63, 3.8) is 0 Å². The Hall–Kier alpha value is -4.40. The third-order valence-corrected chi connectivity index (χ3v) is 6.44. The van der Waals surface area contributed by atoms with Crippen molar-refractivity contribution in [3.8, 4) is 16.9 Å². The van der Waals surface area contributed by atoms with Gasteiger partial charge in [0, 0.05) is 55.0 Å². The predicted octanol–water partition coefficient (Wildman–Crippen LogP) is 4.58. The number of hydrogen-bond acceptors (Lipinski definition) is 4. The van der Waals surface area contributed by atoms with E-state index in [1.807, 2.05) is 24.3 Å². The van der Waals surface area contributed by atoms with E-state index in [-0.39, 0.29) is 23.7 Å². The van der Waals surface area contributed by atoms with Crippen molar-refractivity contribution >= 4 is 28.4 Å². The average molecular weight is 489 g/mol. The van der Waals surface area contributed by atoms with Gasteiger partial charge < -0.3 is 19.7 Å². The molecule has 0 radical (unpaired) electrons. The molecule has 0 aliphatic carbocycles. The molecule has 184 valence electrons. The maximum atomic E-state index is 15.9. The maximum Gasteiger partial charge on any atom is 0.352 e. The topological polar surface area (TPSA) is 100 Å². The molecule has 0 fully saturated rings. The van der Waals surface area contributed by atoms with Gasteiger partial charge in [-0.1, -0.05) is 24.3 Å². The molecule has 0 unspecified atom stereocenters. The number of halogens is 1. The second kappa shape index (κ2) is 9.69. The number of carboxylic acids is 1. The number of nitrogens with one attached hydrogen (secondary N) is 1. The van der Waals surface area contributed by atoms with E-state index in [0.717, 1.165) is 0 Å². The molecular formula is C27H25FN4O4.